The van der Waals surface area contributed by atoms with E-state index in [0.29, 0.717) is 21.3 Å². The van der Waals surface area contributed by atoms with E-state index in [2.05, 4.69) is 9.97 Å². The van der Waals surface area contributed by atoms with Crippen molar-refractivity contribution in [2.24, 2.45) is 0 Å². The van der Waals surface area contributed by atoms with E-state index >= 15 is 0 Å². The molecule has 8 heteroatoms. The van der Waals surface area contributed by atoms with E-state index in [-0.39, 0.29) is 24.2 Å². The van der Waals surface area contributed by atoms with Crippen LogP contribution in [0.2, 0.25) is 10.0 Å². The van der Waals surface area contributed by atoms with Gasteiger partial charge in [0, 0.05) is 27.3 Å². The molecule has 0 bridgehead atoms. The van der Waals surface area contributed by atoms with Crippen LogP contribution in [0.5, 0.6) is 0 Å². The highest BCUT2D eigenvalue weighted by Gasteiger charge is 2.43. The lowest BCUT2D eigenvalue weighted by Crippen LogP contribution is -2.42. The van der Waals surface area contributed by atoms with Gasteiger partial charge in [-0.25, -0.2) is 14.8 Å². The van der Waals surface area contributed by atoms with Crippen molar-refractivity contribution in [2.45, 2.75) is 38.8 Å². The van der Waals surface area contributed by atoms with Gasteiger partial charge in [-0.2, -0.15) is 0 Å². The highest BCUT2D eigenvalue weighted by Crippen LogP contribution is 2.39. The van der Waals surface area contributed by atoms with Crippen LogP contribution in [0.4, 0.5) is 0 Å². The van der Waals surface area contributed by atoms with E-state index in [1.807, 2.05) is 0 Å². The lowest BCUT2D eigenvalue weighted by atomic mass is 10.0. The summed E-state index contributed by atoms with van der Waals surface area (Å²) in [5, 5.41) is 0.750. The Morgan fingerprint density at radius 2 is 2.00 bits per heavy atom. The van der Waals surface area contributed by atoms with Gasteiger partial charge in [-0.15, -0.1) is 0 Å². The van der Waals surface area contributed by atoms with Gasteiger partial charge < -0.3 is 9.64 Å². The molecule has 0 aliphatic heterocycles. The summed E-state index contributed by atoms with van der Waals surface area (Å²) in [6, 6.07) is 5.40. The summed E-state index contributed by atoms with van der Waals surface area (Å²) < 4.78 is 5.26. The Kier molecular flexibility index (Phi) is 5.97. The Balaban J connectivity index is 2.06. The minimum absolute atomic E-state index is 0.0751. The van der Waals surface area contributed by atoms with Gasteiger partial charge >= 0.3 is 5.97 Å². The van der Waals surface area contributed by atoms with E-state index in [4.69, 9.17) is 27.9 Å². The molecule has 1 aliphatic carbocycles. The predicted molar refractivity (Wildman–Crippen MR) is 102 cm³/mol. The molecule has 142 valence electrons. The Labute approximate surface area is 167 Å². The fraction of sp³-hybridized carbons (Fsp3) is 0.368. The highest BCUT2D eigenvalue weighted by molar-refractivity contribution is 6.35. The van der Waals surface area contributed by atoms with Gasteiger partial charge in [0.1, 0.15) is 12.0 Å². The van der Waals surface area contributed by atoms with E-state index in [1.54, 1.807) is 38.1 Å². The van der Waals surface area contributed by atoms with Crippen molar-refractivity contribution in [3.63, 3.8) is 0 Å². The van der Waals surface area contributed by atoms with Gasteiger partial charge in [-0.05, 0) is 44.9 Å². The van der Waals surface area contributed by atoms with Gasteiger partial charge in [-0.1, -0.05) is 29.3 Å². The molecule has 6 nitrogen and oxygen atoms in total. The minimum Gasteiger partial charge on any atom is -0.464 e. The summed E-state index contributed by atoms with van der Waals surface area (Å²) in [5.41, 5.74) is 1.38. The quantitative estimate of drug-likeness (QED) is 0.676. The fourth-order valence-electron chi connectivity index (χ4n) is 2.89. The van der Waals surface area contributed by atoms with Crippen molar-refractivity contribution >= 4 is 35.1 Å². The average Bonchev–Trinajstić information content (AvgIpc) is 3.45. The number of hydrogen-bond acceptors (Lipinski definition) is 5. The molecule has 1 amide bonds. The van der Waals surface area contributed by atoms with Crippen molar-refractivity contribution in [1.29, 1.82) is 0 Å². The second kappa shape index (κ2) is 8.23. The number of carbonyl (C=O) groups is 2. The fourth-order valence-corrected chi connectivity index (χ4v) is 3.40. The molecule has 3 rings (SSSR count). The molecule has 1 aromatic carbocycles. The summed E-state index contributed by atoms with van der Waals surface area (Å²) in [5.74, 6) is -0.889. The van der Waals surface area contributed by atoms with Gasteiger partial charge in [0.25, 0.3) is 5.91 Å². The number of nitrogens with zero attached hydrogens (tertiary/aromatic N) is 3. The molecule has 1 fully saturated rings. The first-order chi connectivity index (χ1) is 12.9. The van der Waals surface area contributed by atoms with Crippen LogP contribution in [0.25, 0.3) is 0 Å². The zero-order valence-corrected chi connectivity index (χ0v) is 16.5. The molecular formula is C19H19Cl2N3O3. The van der Waals surface area contributed by atoms with Gasteiger partial charge in [0.05, 0.1) is 6.61 Å². The van der Waals surface area contributed by atoms with Crippen LogP contribution < -0.4 is 0 Å². The third-order valence-electron chi connectivity index (χ3n) is 4.24. The first-order valence-corrected chi connectivity index (χ1v) is 9.40. The largest absolute Gasteiger partial charge is 0.464 e. The van der Waals surface area contributed by atoms with E-state index in [1.165, 1.54) is 11.2 Å². The second-order valence-corrected chi connectivity index (χ2v) is 7.15. The Hall–Kier alpha value is -2.18. The van der Waals surface area contributed by atoms with Crippen molar-refractivity contribution in [2.75, 3.05) is 6.61 Å². The number of rotatable bonds is 6. The zero-order valence-electron chi connectivity index (χ0n) is 15.0. The molecule has 1 heterocycles. The number of carbonyl (C=O) groups excluding carboxylic acids is 2. The SMILES string of the molecule is CCOC(=O)C(c1ccc(Cl)cc1Cl)N(C(=O)c1cc(C)ncn1)C1CC1. The number of esters is 1. The zero-order chi connectivity index (χ0) is 19.6. The summed E-state index contributed by atoms with van der Waals surface area (Å²) >= 11 is 12.4. The molecule has 1 aliphatic rings. The van der Waals surface area contributed by atoms with Crippen LogP contribution in [0.15, 0.2) is 30.6 Å². The Bertz CT molecular complexity index is 871. The summed E-state index contributed by atoms with van der Waals surface area (Å²) in [6.45, 7) is 3.69. The normalized spacial score (nSPS) is 14.5. The molecule has 27 heavy (non-hydrogen) atoms. The molecule has 1 atom stereocenters. The van der Waals surface area contributed by atoms with E-state index < -0.39 is 12.0 Å². The third kappa shape index (κ3) is 4.39. The van der Waals surface area contributed by atoms with Gasteiger partial charge in [0.2, 0.25) is 0 Å². The topological polar surface area (TPSA) is 72.4 Å². The predicted octanol–water partition coefficient (Wildman–Crippen LogP) is 4.00. The van der Waals surface area contributed by atoms with Crippen molar-refractivity contribution < 1.29 is 14.3 Å². The van der Waals surface area contributed by atoms with E-state index in [0.717, 1.165) is 12.8 Å². The maximum atomic E-state index is 13.2. The molecular weight excluding hydrogens is 389 g/mol. The van der Waals surface area contributed by atoms with Crippen LogP contribution in [0.1, 0.15) is 47.6 Å². The molecule has 0 N–H and O–H groups in total. The number of aryl methyl sites for hydroxylation is 1. The maximum absolute atomic E-state index is 13.2. The monoisotopic (exact) mass is 407 g/mol. The van der Waals surface area contributed by atoms with E-state index in [9.17, 15) is 9.59 Å². The van der Waals surface area contributed by atoms with Crippen LogP contribution in [0, 0.1) is 6.92 Å². The molecule has 0 saturated heterocycles. The molecule has 2 aromatic rings. The van der Waals surface area contributed by atoms with Crippen LogP contribution in [-0.4, -0.2) is 39.4 Å². The van der Waals surface area contributed by atoms with Gasteiger partial charge in [0.15, 0.2) is 6.04 Å². The van der Waals surface area contributed by atoms with Crippen molar-refractivity contribution in [3.8, 4) is 0 Å². The Morgan fingerprint density at radius 1 is 1.26 bits per heavy atom. The molecule has 1 saturated carbocycles. The summed E-state index contributed by atoms with van der Waals surface area (Å²) in [4.78, 5) is 35.7. The molecule has 0 radical (unpaired) electrons. The minimum atomic E-state index is -0.968. The first-order valence-electron chi connectivity index (χ1n) is 8.65. The lowest BCUT2D eigenvalue weighted by molar-refractivity contribution is -0.149. The number of ether oxygens (including phenoxy) is 1. The number of halogens is 2. The lowest BCUT2D eigenvalue weighted by Gasteiger charge is -2.31. The van der Waals surface area contributed by atoms with Crippen LogP contribution in [-0.2, 0) is 9.53 Å². The highest BCUT2D eigenvalue weighted by atomic mass is 35.5. The number of aromatic nitrogens is 2. The van der Waals surface area contributed by atoms with Crippen molar-refractivity contribution in [1.82, 2.24) is 14.9 Å². The Morgan fingerprint density at radius 3 is 2.59 bits per heavy atom. The summed E-state index contributed by atoms with van der Waals surface area (Å²) in [6.07, 6.45) is 2.94. The van der Waals surface area contributed by atoms with Crippen LogP contribution in [0.3, 0.4) is 0 Å². The van der Waals surface area contributed by atoms with Crippen LogP contribution >= 0.6 is 23.2 Å². The maximum Gasteiger partial charge on any atom is 0.333 e. The number of hydrogen-bond donors (Lipinski definition) is 0. The number of benzene rings is 1. The standard InChI is InChI=1S/C19H19Cl2N3O3/c1-3-27-19(26)17(14-7-4-12(20)9-15(14)21)24(13-5-6-13)18(25)16-8-11(2)22-10-23-16/h4,7-10,13,17H,3,5-6H2,1-2H3. The van der Waals surface area contributed by atoms with Crippen molar-refractivity contribution in [3.05, 3.63) is 57.6 Å². The number of amides is 1. The van der Waals surface area contributed by atoms with Gasteiger partial charge in [-0.3, -0.25) is 4.79 Å². The average molecular weight is 408 g/mol. The first kappa shape index (κ1) is 19.6. The third-order valence-corrected chi connectivity index (χ3v) is 4.81. The summed E-state index contributed by atoms with van der Waals surface area (Å²) in [7, 11) is 0. The smallest absolute Gasteiger partial charge is 0.333 e. The molecule has 1 aromatic heterocycles. The second-order valence-electron chi connectivity index (χ2n) is 6.31. The molecule has 0 spiro atoms. The molecule has 1 unspecified atom stereocenters.